The fraction of sp³-hybridized carbons (Fsp3) is 0.467. The van der Waals surface area contributed by atoms with E-state index in [2.05, 4.69) is 32.6 Å². The molecule has 3 heterocycles. The molecule has 2 amide bonds. The summed E-state index contributed by atoms with van der Waals surface area (Å²) in [6.45, 7) is 7.70. The molecule has 4 N–H and O–H groups in total. The smallest absolute Gasteiger partial charge is 0.255 e. The Hall–Kier alpha value is -3.92. The number of likely N-dealkylation sites (tertiary alicyclic amines) is 1. The van der Waals surface area contributed by atoms with Gasteiger partial charge >= 0.3 is 0 Å². The van der Waals surface area contributed by atoms with Gasteiger partial charge in [-0.25, -0.2) is 9.67 Å². The zero-order valence-electron chi connectivity index (χ0n) is 24.0. The number of piperidine rings is 1. The number of hydrogen-bond acceptors (Lipinski definition) is 9. The highest BCUT2D eigenvalue weighted by atomic mass is 32.1. The Morgan fingerprint density at radius 1 is 1.21 bits per heavy atom. The quantitative estimate of drug-likeness (QED) is 0.249. The molecule has 2 aromatic heterocycles. The normalized spacial score (nSPS) is 21.1. The van der Waals surface area contributed by atoms with Crippen LogP contribution in [0.15, 0.2) is 42.0 Å². The monoisotopic (exact) mass is 592 g/mol. The lowest BCUT2D eigenvalue weighted by molar-refractivity contribution is -0.155. The fourth-order valence-electron chi connectivity index (χ4n) is 5.31. The second-order valence-electron chi connectivity index (χ2n) is 10.9. The van der Waals surface area contributed by atoms with Gasteiger partial charge in [-0.05, 0) is 70.2 Å². The van der Waals surface area contributed by atoms with Crippen LogP contribution in [0, 0.1) is 17.8 Å². The highest BCUT2D eigenvalue weighted by Crippen LogP contribution is 2.54. The van der Waals surface area contributed by atoms with Crippen molar-refractivity contribution in [2.75, 3.05) is 11.9 Å². The Balaban J connectivity index is 1.25. The molecule has 0 spiro atoms. The number of ether oxygens (including phenoxy) is 1. The van der Waals surface area contributed by atoms with Gasteiger partial charge in [0, 0.05) is 29.9 Å². The van der Waals surface area contributed by atoms with Crippen LogP contribution in [0.4, 0.5) is 5.13 Å². The highest BCUT2D eigenvalue weighted by molar-refractivity contribution is 7.13. The predicted molar refractivity (Wildman–Crippen MR) is 158 cm³/mol. The number of benzene rings is 1. The summed E-state index contributed by atoms with van der Waals surface area (Å²) in [5, 5.41) is 34.5. The van der Waals surface area contributed by atoms with Gasteiger partial charge in [0.25, 0.3) is 11.8 Å². The number of aromatic nitrogens is 3. The van der Waals surface area contributed by atoms with Crippen LogP contribution in [0.3, 0.4) is 0 Å². The predicted octanol–water partition coefficient (Wildman–Crippen LogP) is 2.81. The minimum Gasteiger partial charge on any atom is -0.479 e. The van der Waals surface area contributed by atoms with Gasteiger partial charge in [-0.15, -0.1) is 17.3 Å². The maximum absolute atomic E-state index is 13.4. The van der Waals surface area contributed by atoms with E-state index in [4.69, 9.17) is 4.74 Å². The second-order valence-corrected chi connectivity index (χ2v) is 11.8. The van der Waals surface area contributed by atoms with E-state index in [0.29, 0.717) is 22.9 Å². The fourth-order valence-corrected chi connectivity index (χ4v) is 6.21. The average Bonchev–Trinajstić information content (AvgIpc) is 3.36. The Kier molecular flexibility index (Phi) is 8.82. The molecule has 5 rings (SSSR count). The van der Waals surface area contributed by atoms with E-state index in [1.165, 1.54) is 11.3 Å². The van der Waals surface area contributed by atoms with Crippen molar-refractivity contribution in [2.45, 2.75) is 76.9 Å². The van der Waals surface area contributed by atoms with Crippen molar-refractivity contribution in [3.63, 3.8) is 0 Å². The van der Waals surface area contributed by atoms with Crippen molar-refractivity contribution in [2.24, 2.45) is 5.92 Å². The first-order chi connectivity index (χ1) is 20.2. The number of thiazole rings is 1. The highest BCUT2D eigenvalue weighted by Gasteiger charge is 2.56. The summed E-state index contributed by atoms with van der Waals surface area (Å²) in [6, 6.07) is 6.54. The van der Waals surface area contributed by atoms with Crippen LogP contribution < -0.4 is 15.4 Å². The number of aliphatic hydroxyl groups excluding tert-OH is 2. The van der Waals surface area contributed by atoms with Crippen LogP contribution in [-0.4, -0.2) is 72.6 Å². The summed E-state index contributed by atoms with van der Waals surface area (Å²) in [5.41, 5.74) is 2.15. The van der Waals surface area contributed by atoms with Crippen molar-refractivity contribution < 1.29 is 24.5 Å². The van der Waals surface area contributed by atoms with Gasteiger partial charge in [0.15, 0.2) is 17.3 Å². The summed E-state index contributed by atoms with van der Waals surface area (Å²) in [7, 11) is 0. The van der Waals surface area contributed by atoms with Gasteiger partial charge < -0.3 is 30.5 Å². The summed E-state index contributed by atoms with van der Waals surface area (Å²) in [4.78, 5) is 32.7. The van der Waals surface area contributed by atoms with Crippen LogP contribution in [0.1, 0.15) is 63.9 Å². The first-order valence-electron chi connectivity index (χ1n) is 14.0. The molecule has 1 saturated heterocycles. The van der Waals surface area contributed by atoms with Crippen LogP contribution in [0.25, 0.3) is 5.69 Å². The summed E-state index contributed by atoms with van der Waals surface area (Å²) >= 11 is 1.47. The molecule has 1 aliphatic heterocycles. The van der Waals surface area contributed by atoms with E-state index in [1.807, 2.05) is 31.4 Å². The third-order valence-electron chi connectivity index (χ3n) is 7.53. The van der Waals surface area contributed by atoms with E-state index in [9.17, 15) is 19.8 Å². The van der Waals surface area contributed by atoms with Crippen molar-refractivity contribution in [1.82, 2.24) is 25.0 Å². The number of nitrogens with one attached hydrogen (secondary N) is 2. The lowest BCUT2D eigenvalue weighted by Crippen LogP contribution is -2.51. The summed E-state index contributed by atoms with van der Waals surface area (Å²) in [6.07, 6.45) is 1.20. The molecule has 222 valence electrons. The molecule has 2 fully saturated rings. The van der Waals surface area contributed by atoms with Crippen LogP contribution in [0.5, 0.6) is 5.75 Å². The first kappa shape index (κ1) is 29.6. The maximum atomic E-state index is 13.4. The molecule has 1 aromatic carbocycles. The molecule has 3 aromatic rings. The lowest BCUT2D eigenvalue weighted by Gasteiger charge is -2.30. The van der Waals surface area contributed by atoms with Crippen LogP contribution in [0.2, 0.25) is 0 Å². The maximum Gasteiger partial charge on any atom is 0.255 e. The standard InChI is InChI=1S/C30H36N6O5S/c1-5-6-12-41-25-15-19(8-9-22(25)35-11-7-10-31-35)18(4)33-28(39)26(37)27(38)29(40)36-23-13-20(23)14-24(36)21-16-42-30(34-21)32-17(2)3/h7-11,15-18,20,23-24,26-27,37-38H,12-14H2,1-4H3,(H,32,34)(H,33,39)/t18-,20-,23-,24-,26-,27-/m1/s1. The molecule has 0 radical (unpaired) electrons. The number of nitrogens with zero attached hydrogens (tertiary/aromatic N) is 4. The van der Waals surface area contributed by atoms with E-state index in [0.717, 1.165) is 23.7 Å². The summed E-state index contributed by atoms with van der Waals surface area (Å²) in [5.74, 6) is 5.00. The van der Waals surface area contributed by atoms with Gasteiger partial charge in [-0.1, -0.05) is 12.0 Å². The molecule has 0 unspecified atom stereocenters. The van der Waals surface area contributed by atoms with Crippen molar-refractivity contribution >= 4 is 28.3 Å². The van der Waals surface area contributed by atoms with E-state index in [1.54, 1.807) is 48.0 Å². The van der Waals surface area contributed by atoms with Gasteiger partial charge in [-0.2, -0.15) is 5.10 Å². The number of rotatable bonds is 11. The molecular weight excluding hydrogens is 556 g/mol. The number of amides is 2. The Morgan fingerprint density at radius 3 is 2.74 bits per heavy atom. The molecular formula is C30H36N6O5S. The van der Waals surface area contributed by atoms with Crippen molar-refractivity contribution in [3.8, 4) is 23.3 Å². The zero-order valence-corrected chi connectivity index (χ0v) is 24.8. The largest absolute Gasteiger partial charge is 0.479 e. The third-order valence-corrected chi connectivity index (χ3v) is 8.32. The number of carbonyl (C=O) groups is 2. The third kappa shape index (κ3) is 6.28. The number of fused-ring (bicyclic) bond motifs is 1. The molecule has 6 atom stereocenters. The first-order valence-corrected chi connectivity index (χ1v) is 14.9. The minimum atomic E-state index is -1.94. The van der Waals surface area contributed by atoms with Crippen LogP contribution in [-0.2, 0) is 9.59 Å². The average molecular weight is 593 g/mol. The molecule has 11 nitrogen and oxygen atoms in total. The van der Waals surface area contributed by atoms with E-state index < -0.39 is 30.1 Å². The number of hydrogen-bond donors (Lipinski definition) is 4. The zero-order chi connectivity index (χ0) is 30.0. The number of aliphatic hydroxyl groups is 2. The molecule has 42 heavy (non-hydrogen) atoms. The van der Waals surface area contributed by atoms with E-state index >= 15 is 0 Å². The van der Waals surface area contributed by atoms with Gasteiger partial charge in [0.05, 0.1) is 17.8 Å². The van der Waals surface area contributed by atoms with Gasteiger partial charge in [0.1, 0.15) is 18.0 Å². The molecule has 1 saturated carbocycles. The second kappa shape index (κ2) is 12.5. The van der Waals surface area contributed by atoms with Gasteiger partial charge in [0.2, 0.25) is 0 Å². The SMILES string of the molecule is CC#CCOc1cc([C@@H](C)NC(=O)[C@H](O)[C@@H](O)C(=O)N2[C@@H](c3csc(NC(C)C)n3)C[C@H]3C[C@H]32)ccc1-n1cccn1. The Labute approximate surface area is 248 Å². The van der Waals surface area contributed by atoms with Crippen molar-refractivity contribution in [3.05, 3.63) is 53.3 Å². The van der Waals surface area contributed by atoms with E-state index in [-0.39, 0.29) is 24.7 Å². The minimum absolute atomic E-state index is 0.0151. The molecule has 12 heteroatoms. The Bertz CT molecular complexity index is 1480. The summed E-state index contributed by atoms with van der Waals surface area (Å²) < 4.78 is 7.52. The lowest BCUT2D eigenvalue weighted by atomic mass is 10.0. The number of anilines is 1. The molecule has 2 aliphatic rings. The Morgan fingerprint density at radius 2 is 2.02 bits per heavy atom. The number of carbonyl (C=O) groups excluding carboxylic acids is 2. The van der Waals surface area contributed by atoms with Gasteiger partial charge in [-0.3, -0.25) is 9.59 Å². The van der Waals surface area contributed by atoms with Crippen LogP contribution >= 0.6 is 11.3 Å². The molecule has 1 aliphatic carbocycles. The topological polar surface area (TPSA) is 142 Å². The van der Waals surface area contributed by atoms with Crippen molar-refractivity contribution in [1.29, 1.82) is 0 Å². The molecule has 0 bridgehead atoms.